The van der Waals surface area contributed by atoms with Crippen LogP contribution in [0.3, 0.4) is 0 Å². The molecule has 1 saturated heterocycles. The number of halogens is 1. The summed E-state index contributed by atoms with van der Waals surface area (Å²) in [7, 11) is 0. The van der Waals surface area contributed by atoms with Crippen molar-refractivity contribution in [3.05, 3.63) is 35.1 Å². The Bertz CT molecular complexity index is 435. The minimum absolute atomic E-state index is 0.117. The molecule has 0 saturated carbocycles. The van der Waals surface area contributed by atoms with Gasteiger partial charge in [0.15, 0.2) is 0 Å². The van der Waals surface area contributed by atoms with Crippen molar-refractivity contribution in [2.45, 2.75) is 38.3 Å². The van der Waals surface area contributed by atoms with E-state index in [1.54, 1.807) is 12.1 Å². The summed E-state index contributed by atoms with van der Waals surface area (Å²) in [6, 6.07) is 6.13. The number of hydrogen-bond donors (Lipinski definition) is 1. The number of ether oxygens (including phenoxy) is 1. The van der Waals surface area contributed by atoms with Crippen LogP contribution >= 0.6 is 0 Å². The smallest absolute Gasteiger partial charge is 0.123 e. The lowest BCUT2D eigenvalue weighted by molar-refractivity contribution is 0.0358. The quantitative estimate of drug-likeness (QED) is 0.870. The van der Waals surface area contributed by atoms with Crippen LogP contribution in [0.4, 0.5) is 4.39 Å². The molecule has 1 aliphatic carbocycles. The van der Waals surface area contributed by atoms with Gasteiger partial charge in [-0.15, -0.1) is 0 Å². The summed E-state index contributed by atoms with van der Waals surface area (Å²) in [5, 5.41) is 3.74. The predicted molar refractivity (Wildman–Crippen MR) is 69.0 cm³/mol. The van der Waals surface area contributed by atoms with Crippen LogP contribution in [0.1, 0.15) is 36.9 Å². The summed E-state index contributed by atoms with van der Waals surface area (Å²) < 4.78 is 18.6. The summed E-state index contributed by atoms with van der Waals surface area (Å²) in [4.78, 5) is 0. The Kier molecular flexibility index (Phi) is 3.35. The normalized spacial score (nSPS) is 31.3. The van der Waals surface area contributed by atoms with Gasteiger partial charge in [-0.2, -0.15) is 0 Å². The third kappa shape index (κ3) is 2.29. The molecule has 0 radical (unpaired) electrons. The van der Waals surface area contributed by atoms with Crippen LogP contribution in [0.2, 0.25) is 0 Å². The van der Waals surface area contributed by atoms with E-state index in [1.165, 1.54) is 11.1 Å². The van der Waals surface area contributed by atoms with Crippen molar-refractivity contribution in [1.29, 1.82) is 0 Å². The lowest BCUT2D eigenvalue weighted by Crippen LogP contribution is -2.42. The van der Waals surface area contributed by atoms with Gasteiger partial charge in [-0.3, -0.25) is 0 Å². The van der Waals surface area contributed by atoms with Crippen molar-refractivity contribution in [3.63, 3.8) is 0 Å². The molecule has 1 aliphatic heterocycles. The van der Waals surface area contributed by atoms with Gasteiger partial charge >= 0.3 is 0 Å². The third-order valence-electron chi connectivity index (χ3n) is 4.24. The highest BCUT2D eigenvalue weighted by atomic mass is 19.1. The van der Waals surface area contributed by atoms with Crippen molar-refractivity contribution in [2.24, 2.45) is 5.92 Å². The van der Waals surface area contributed by atoms with Crippen molar-refractivity contribution in [2.75, 3.05) is 13.2 Å². The molecule has 0 amide bonds. The van der Waals surface area contributed by atoms with Crippen molar-refractivity contribution >= 4 is 0 Å². The maximum atomic E-state index is 13.2. The van der Waals surface area contributed by atoms with E-state index in [-0.39, 0.29) is 5.82 Å². The lowest BCUT2D eigenvalue weighted by atomic mass is 9.96. The molecular weight excluding hydrogens is 229 g/mol. The molecule has 1 aromatic carbocycles. The molecule has 1 heterocycles. The minimum atomic E-state index is -0.117. The van der Waals surface area contributed by atoms with Crippen LogP contribution in [-0.2, 0) is 11.2 Å². The molecule has 1 aromatic rings. The zero-order valence-corrected chi connectivity index (χ0v) is 10.8. The maximum absolute atomic E-state index is 13.2. The molecule has 1 N–H and O–H groups in total. The first-order valence-corrected chi connectivity index (χ1v) is 6.86. The van der Waals surface area contributed by atoms with Gasteiger partial charge in [0.05, 0.1) is 6.61 Å². The highest BCUT2D eigenvalue weighted by molar-refractivity contribution is 5.35. The van der Waals surface area contributed by atoms with Gasteiger partial charge in [0, 0.05) is 18.7 Å². The topological polar surface area (TPSA) is 21.3 Å². The Morgan fingerprint density at radius 3 is 3.06 bits per heavy atom. The fourth-order valence-corrected chi connectivity index (χ4v) is 3.15. The highest BCUT2D eigenvalue weighted by Crippen LogP contribution is 2.33. The van der Waals surface area contributed by atoms with Crippen molar-refractivity contribution in [1.82, 2.24) is 5.32 Å². The van der Waals surface area contributed by atoms with Crippen LogP contribution in [0, 0.1) is 11.7 Å². The number of benzene rings is 1. The van der Waals surface area contributed by atoms with Gasteiger partial charge in [0.2, 0.25) is 0 Å². The van der Waals surface area contributed by atoms with Crippen LogP contribution < -0.4 is 5.32 Å². The SMILES string of the molecule is CC1COCCC1NC1CCc2cc(F)ccc21. The Labute approximate surface area is 108 Å². The van der Waals surface area contributed by atoms with Crippen LogP contribution in [0.15, 0.2) is 18.2 Å². The highest BCUT2D eigenvalue weighted by Gasteiger charge is 2.28. The van der Waals surface area contributed by atoms with Gasteiger partial charge in [0.25, 0.3) is 0 Å². The first-order chi connectivity index (χ1) is 8.74. The molecule has 2 aliphatic rings. The van der Waals surface area contributed by atoms with Crippen LogP contribution in [-0.4, -0.2) is 19.3 Å². The van der Waals surface area contributed by atoms with Crippen molar-refractivity contribution < 1.29 is 9.13 Å². The lowest BCUT2D eigenvalue weighted by Gasteiger charge is -2.32. The molecule has 0 spiro atoms. The van der Waals surface area contributed by atoms with E-state index in [4.69, 9.17) is 4.74 Å². The maximum Gasteiger partial charge on any atom is 0.123 e. The standard InChI is InChI=1S/C15H20FNO/c1-10-9-18-7-6-14(10)17-15-5-2-11-8-12(16)3-4-13(11)15/h3-4,8,10,14-15,17H,2,5-7,9H2,1H3. The van der Waals surface area contributed by atoms with E-state index in [9.17, 15) is 4.39 Å². The molecule has 3 rings (SSSR count). The number of nitrogens with one attached hydrogen (secondary N) is 1. The van der Waals surface area contributed by atoms with Gasteiger partial charge in [-0.25, -0.2) is 4.39 Å². The third-order valence-corrected chi connectivity index (χ3v) is 4.24. The number of aryl methyl sites for hydroxylation is 1. The zero-order valence-electron chi connectivity index (χ0n) is 10.8. The van der Waals surface area contributed by atoms with Crippen LogP contribution in [0.25, 0.3) is 0 Å². The first-order valence-electron chi connectivity index (χ1n) is 6.86. The Morgan fingerprint density at radius 2 is 2.22 bits per heavy atom. The molecule has 98 valence electrons. The first kappa shape index (κ1) is 12.1. The largest absolute Gasteiger partial charge is 0.381 e. The van der Waals surface area contributed by atoms with E-state index in [0.29, 0.717) is 18.0 Å². The number of fused-ring (bicyclic) bond motifs is 1. The molecule has 2 nitrogen and oxygen atoms in total. The van der Waals surface area contributed by atoms with Crippen LogP contribution in [0.5, 0.6) is 0 Å². The van der Waals surface area contributed by atoms with Gasteiger partial charge in [-0.1, -0.05) is 13.0 Å². The molecule has 18 heavy (non-hydrogen) atoms. The monoisotopic (exact) mass is 249 g/mol. The second-order valence-electron chi connectivity index (χ2n) is 5.55. The van der Waals surface area contributed by atoms with Gasteiger partial charge in [-0.05, 0) is 48.4 Å². The molecule has 0 aromatic heterocycles. The molecule has 3 heteroatoms. The summed E-state index contributed by atoms with van der Waals surface area (Å²) in [6.45, 7) is 3.93. The Hall–Kier alpha value is -0.930. The molecule has 0 bridgehead atoms. The van der Waals surface area contributed by atoms with Gasteiger partial charge < -0.3 is 10.1 Å². The second-order valence-corrected chi connectivity index (χ2v) is 5.55. The Balaban J connectivity index is 1.72. The van der Waals surface area contributed by atoms with E-state index in [1.807, 2.05) is 6.07 Å². The molecule has 3 unspecified atom stereocenters. The number of hydrogen-bond acceptors (Lipinski definition) is 2. The zero-order chi connectivity index (χ0) is 12.5. The molecule has 3 atom stereocenters. The fourth-order valence-electron chi connectivity index (χ4n) is 3.15. The van der Waals surface area contributed by atoms with E-state index < -0.39 is 0 Å². The molecular formula is C15H20FNO. The fraction of sp³-hybridized carbons (Fsp3) is 0.600. The van der Waals surface area contributed by atoms with E-state index in [2.05, 4.69) is 12.2 Å². The Morgan fingerprint density at radius 1 is 1.33 bits per heavy atom. The van der Waals surface area contributed by atoms with Crippen molar-refractivity contribution in [3.8, 4) is 0 Å². The average molecular weight is 249 g/mol. The summed E-state index contributed by atoms with van der Waals surface area (Å²) in [5.41, 5.74) is 2.46. The summed E-state index contributed by atoms with van der Waals surface area (Å²) >= 11 is 0. The predicted octanol–water partition coefficient (Wildman–Crippen LogP) is 2.83. The second kappa shape index (κ2) is 4.98. The minimum Gasteiger partial charge on any atom is -0.381 e. The average Bonchev–Trinajstić information content (AvgIpc) is 2.74. The summed E-state index contributed by atoms with van der Waals surface area (Å²) in [5.74, 6) is 0.442. The van der Waals surface area contributed by atoms with Gasteiger partial charge in [0.1, 0.15) is 5.82 Å². The van der Waals surface area contributed by atoms with E-state index in [0.717, 1.165) is 32.5 Å². The molecule has 1 fully saturated rings. The number of rotatable bonds is 2. The summed E-state index contributed by atoms with van der Waals surface area (Å²) in [6.07, 6.45) is 3.15. The van der Waals surface area contributed by atoms with E-state index >= 15 is 0 Å².